The number of rotatable bonds is 10. The van der Waals surface area contributed by atoms with Crippen LogP contribution in [-0.2, 0) is 35.3 Å². The Morgan fingerprint density at radius 3 is 2.81 bits per heavy atom. The molecule has 2 bridgehead atoms. The Bertz CT molecular complexity index is 1290. The van der Waals surface area contributed by atoms with E-state index in [1.807, 2.05) is 6.92 Å². The van der Waals surface area contributed by atoms with Gasteiger partial charge in [0.25, 0.3) is 0 Å². The largest absolute Gasteiger partial charge is 0.493 e. The van der Waals surface area contributed by atoms with E-state index in [1.165, 1.54) is 35.5 Å². The molecule has 1 aromatic heterocycles. The standard InChI is InChI=1S/C29H38N4O9/c1-17-5-8-22-18(2)26(39-27-29(22)21(17)9-10-28(3,40-27)41-42-29)38-12-4-11-37-23-13-19(6-7-20(23)25(35)36)32-24(34)14-33-16-30-15-31-33/h6-7,13,15-18,21-22,26-27H,4-5,8-12,14H2,1-3H3,(H,32,34)(H,35,36)/t17-,18-,21?,22+,26+,27-,28-,29-/m1/s1. The van der Waals surface area contributed by atoms with Gasteiger partial charge in [-0.05, 0) is 50.2 Å². The average Bonchev–Trinajstić information content (AvgIpc) is 3.35. The number of aromatic nitrogens is 3. The maximum absolute atomic E-state index is 12.3. The highest BCUT2D eigenvalue weighted by Crippen LogP contribution is 2.60. The number of carbonyl (C=O) groups is 2. The molecule has 1 unspecified atom stereocenters. The molecule has 2 N–H and O–H groups in total. The monoisotopic (exact) mass is 586 g/mol. The van der Waals surface area contributed by atoms with Gasteiger partial charge in [0, 0.05) is 36.4 Å². The summed E-state index contributed by atoms with van der Waals surface area (Å²) in [6, 6.07) is 4.41. The van der Waals surface area contributed by atoms with Crippen LogP contribution in [-0.4, -0.2) is 68.9 Å². The molecule has 1 aromatic carbocycles. The van der Waals surface area contributed by atoms with Gasteiger partial charge in [-0.15, -0.1) is 0 Å². The molecule has 42 heavy (non-hydrogen) atoms. The molecular formula is C29H38N4O9. The third kappa shape index (κ3) is 5.39. The zero-order valence-corrected chi connectivity index (χ0v) is 24.1. The number of nitrogens with one attached hydrogen (secondary N) is 1. The molecule has 7 rings (SSSR count). The minimum absolute atomic E-state index is 0.00270. The van der Waals surface area contributed by atoms with Gasteiger partial charge < -0.3 is 29.4 Å². The number of hydrogen-bond acceptors (Lipinski definition) is 10. The van der Waals surface area contributed by atoms with Gasteiger partial charge in [-0.3, -0.25) is 4.79 Å². The summed E-state index contributed by atoms with van der Waals surface area (Å²) in [7, 11) is 0. The van der Waals surface area contributed by atoms with Crippen LogP contribution in [0.25, 0.3) is 0 Å². The third-order valence-corrected chi connectivity index (χ3v) is 9.19. The predicted octanol–water partition coefficient (Wildman–Crippen LogP) is 3.61. The van der Waals surface area contributed by atoms with Crippen molar-refractivity contribution in [2.75, 3.05) is 18.5 Å². The van der Waals surface area contributed by atoms with Crippen LogP contribution < -0.4 is 10.1 Å². The van der Waals surface area contributed by atoms with Crippen molar-refractivity contribution in [3.63, 3.8) is 0 Å². The molecule has 13 nitrogen and oxygen atoms in total. The smallest absolute Gasteiger partial charge is 0.339 e. The first-order chi connectivity index (χ1) is 20.2. The van der Waals surface area contributed by atoms with Gasteiger partial charge in [0.05, 0.1) is 13.2 Å². The number of carbonyl (C=O) groups excluding carboxylic acids is 1. The van der Waals surface area contributed by atoms with Crippen molar-refractivity contribution in [3.8, 4) is 5.75 Å². The van der Waals surface area contributed by atoms with Crippen molar-refractivity contribution in [2.45, 2.75) is 83.4 Å². The number of ether oxygens (including phenoxy) is 4. The SMILES string of the molecule is C[C@H]1[C@@H](OCCCOc2cc(NC(=O)Cn3cncn3)ccc2C(=O)O)O[C@@H]2O[C@@]3(C)CCC4[C@H](C)CC[C@@H]1[C@]42OO3. The number of anilines is 1. The van der Waals surface area contributed by atoms with Crippen molar-refractivity contribution >= 4 is 17.6 Å². The Morgan fingerprint density at radius 1 is 1.17 bits per heavy atom. The second-order valence-electron chi connectivity index (χ2n) is 12.0. The number of carboxylic acids is 1. The third-order valence-electron chi connectivity index (χ3n) is 9.19. The minimum atomic E-state index is -1.13. The average molecular weight is 587 g/mol. The molecule has 5 heterocycles. The zero-order chi connectivity index (χ0) is 29.5. The lowest BCUT2D eigenvalue weighted by Gasteiger charge is -2.60. The lowest BCUT2D eigenvalue weighted by atomic mass is 9.58. The first-order valence-electron chi connectivity index (χ1n) is 14.6. The first-order valence-corrected chi connectivity index (χ1v) is 14.6. The molecule has 1 aliphatic carbocycles. The molecule has 13 heteroatoms. The maximum Gasteiger partial charge on any atom is 0.339 e. The van der Waals surface area contributed by atoms with Gasteiger partial charge in [0.1, 0.15) is 30.5 Å². The van der Waals surface area contributed by atoms with E-state index in [4.69, 9.17) is 28.7 Å². The Labute approximate surface area is 243 Å². The number of aromatic carboxylic acids is 1. The lowest BCUT2D eigenvalue weighted by molar-refractivity contribution is -0.577. The fourth-order valence-corrected chi connectivity index (χ4v) is 7.06. The van der Waals surface area contributed by atoms with Crippen molar-refractivity contribution in [2.24, 2.45) is 23.7 Å². The zero-order valence-electron chi connectivity index (χ0n) is 24.1. The van der Waals surface area contributed by atoms with Crippen LogP contribution in [0.1, 0.15) is 63.2 Å². The minimum Gasteiger partial charge on any atom is -0.493 e. The molecular weight excluding hydrogens is 548 g/mol. The fourth-order valence-electron chi connectivity index (χ4n) is 7.06. The Balaban J connectivity index is 1.05. The van der Waals surface area contributed by atoms with E-state index in [0.29, 0.717) is 24.6 Å². The number of amides is 1. The maximum atomic E-state index is 12.3. The second-order valence-corrected chi connectivity index (χ2v) is 12.0. The molecule has 4 saturated heterocycles. The molecule has 5 aliphatic rings. The Morgan fingerprint density at radius 2 is 2.02 bits per heavy atom. The summed E-state index contributed by atoms with van der Waals surface area (Å²) in [6.45, 7) is 6.83. The van der Waals surface area contributed by atoms with Crippen LogP contribution >= 0.6 is 0 Å². The van der Waals surface area contributed by atoms with Crippen LogP contribution in [0.3, 0.4) is 0 Å². The fraction of sp³-hybridized carbons (Fsp3) is 0.655. The summed E-state index contributed by atoms with van der Waals surface area (Å²) in [5.74, 6) is -1.15. The highest BCUT2D eigenvalue weighted by atomic mass is 17.3. The lowest BCUT2D eigenvalue weighted by Crippen LogP contribution is -2.70. The van der Waals surface area contributed by atoms with E-state index >= 15 is 0 Å². The van der Waals surface area contributed by atoms with Crippen LogP contribution in [0, 0.1) is 23.7 Å². The predicted molar refractivity (Wildman–Crippen MR) is 145 cm³/mol. The van der Waals surface area contributed by atoms with Gasteiger partial charge >= 0.3 is 5.97 Å². The molecule has 1 saturated carbocycles. The van der Waals surface area contributed by atoms with Crippen LogP contribution in [0.2, 0.25) is 0 Å². The molecule has 2 aromatic rings. The number of nitrogens with zero attached hydrogens (tertiary/aromatic N) is 3. The number of fused-ring (bicyclic) bond motifs is 2. The number of benzene rings is 1. The summed E-state index contributed by atoms with van der Waals surface area (Å²) < 4.78 is 26.3. The van der Waals surface area contributed by atoms with Gasteiger partial charge in [-0.2, -0.15) is 5.10 Å². The van der Waals surface area contributed by atoms with Gasteiger partial charge in [-0.25, -0.2) is 24.2 Å². The van der Waals surface area contributed by atoms with E-state index < -0.39 is 29.9 Å². The summed E-state index contributed by atoms with van der Waals surface area (Å²) in [5.41, 5.74) is -0.233. The normalized spacial score (nSPS) is 35.2. The summed E-state index contributed by atoms with van der Waals surface area (Å²) in [4.78, 5) is 39.9. The van der Waals surface area contributed by atoms with E-state index in [9.17, 15) is 14.7 Å². The Hall–Kier alpha value is -3.10. The number of carboxylic acid groups (broad SMARTS) is 1. The van der Waals surface area contributed by atoms with Crippen molar-refractivity contribution in [1.82, 2.24) is 14.8 Å². The van der Waals surface area contributed by atoms with Gasteiger partial charge in [-0.1, -0.05) is 13.8 Å². The van der Waals surface area contributed by atoms with Gasteiger partial charge in [0.2, 0.25) is 11.7 Å². The van der Waals surface area contributed by atoms with E-state index in [-0.39, 0.29) is 48.1 Å². The number of hydrogen-bond donors (Lipinski definition) is 2. The van der Waals surface area contributed by atoms with Crippen molar-refractivity contribution in [1.29, 1.82) is 0 Å². The van der Waals surface area contributed by atoms with Gasteiger partial charge in [0.15, 0.2) is 18.2 Å². The van der Waals surface area contributed by atoms with Crippen LogP contribution in [0.5, 0.6) is 5.75 Å². The summed E-state index contributed by atoms with van der Waals surface area (Å²) in [6.07, 6.45) is 6.02. The highest BCUT2D eigenvalue weighted by molar-refractivity contribution is 5.94. The van der Waals surface area contributed by atoms with Crippen LogP contribution in [0.15, 0.2) is 30.9 Å². The van der Waals surface area contributed by atoms with E-state index in [2.05, 4.69) is 29.2 Å². The summed E-state index contributed by atoms with van der Waals surface area (Å²) >= 11 is 0. The van der Waals surface area contributed by atoms with E-state index in [0.717, 1.165) is 25.7 Å². The van der Waals surface area contributed by atoms with Crippen LogP contribution in [0.4, 0.5) is 5.69 Å². The molecule has 228 valence electrons. The summed E-state index contributed by atoms with van der Waals surface area (Å²) in [5, 5.41) is 16.2. The Kier molecular flexibility index (Phi) is 7.96. The molecule has 1 spiro atoms. The van der Waals surface area contributed by atoms with Crippen molar-refractivity contribution < 1.29 is 43.4 Å². The second kappa shape index (κ2) is 11.5. The molecule has 0 radical (unpaired) electrons. The van der Waals surface area contributed by atoms with Crippen molar-refractivity contribution in [3.05, 3.63) is 36.4 Å². The molecule has 4 aliphatic heterocycles. The highest BCUT2D eigenvalue weighted by Gasteiger charge is 2.69. The van der Waals surface area contributed by atoms with E-state index in [1.54, 1.807) is 0 Å². The quantitative estimate of drug-likeness (QED) is 0.310. The topological polar surface area (TPSA) is 152 Å². The molecule has 8 atom stereocenters. The first kappa shape index (κ1) is 29.0. The molecule has 5 fully saturated rings. The molecule has 1 amide bonds.